The molecule has 1 aromatic rings. The largest absolute Gasteiger partial charge is 0.379 e. The summed E-state index contributed by atoms with van der Waals surface area (Å²) in [6.45, 7) is 4.70. The SMILES string of the molecule is Cc1cnc(C(C)C(N)=O)cc1S(=O)(=O)N1CCOCC1. The number of nitrogens with two attached hydrogens (primary N) is 1. The fraction of sp³-hybridized carbons (Fsp3) is 0.538. The lowest BCUT2D eigenvalue weighted by atomic mass is 10.1. The summed E-state index contributed by atoms with van der Waals surface area (Å²) in [7, 11) is -3.61. The predicted molar refractivity (Wildman–Crippen MR) is 76.2 cm³/mol. The van der Waals surface area contributed by atoms with Crippen molar-refractivity contribution < 1.29 is 17.9 Å². The molecule has 0 saturated carbocycles. The Hall–Kier alpha value is -1.51. The molecule has 1 aliphatic heterocycles. The number of ether oxygens (including phenoxy) is 1. The van der Waals surface area contributed by atoms with Crippen molar-refractivity contribution in [2.24, 2.45) is 5.73 Å². The van der Waals surface area contributed by atoms with Crippen molar-refractivity contribution in [2.45, 2.75) is 24.7 Å². The molecule has 1 atom stereocenters. The van der Waals surface area contributed by atoms with E-state index in [0.29, 0.717) is 37.6 Å². The molecule has 2 rings (SSSR count). The molecule has 1 unspecified atom stereocenters. The summed E-state index contributed by atoms with van der Waals surface area (Å²) in [5.74, 6) is -1.18. The highest BCUT2D eigenvalue weighted by molar-refractivity contribution is 7.89. The number of aromatic nitrogens is 1. The Balaban J connectivity index is 2.42. The zero-order valence-electron chi connectivity index (χ0n) is 12.1. The number of pyridine rings is 1. The highest BCUT2D eigenvalue weighted by Crippen LogP contribution is 2.23. The average Bonchev–Trinajstić information content (AvgIpc) is 2.47. The summed E-state index contributed by atoms with van der Waals surface area (Å²) < 4.78 is 31.9. The maximum absolute atomic E-state index is 12.7. The van der Waals surface area contributed by atoms with Crippen LogP contribution in [0.4, 0.5) is 0 Å². The van der Waals surface area contributed by atoms with Crippen LogP contribution in [0.3, 0.4) is 0 Å². The lowest BCUT2D eigenvalue weighted by Gasteiger charge is -2.26. The van der Waals surface area contributed by atoms with Crippen LogP contribution in [0.25, 0.3) is 0 Å². The first-order valence-corrected chi connectivity index (χ1v) is 8.12. The second-order valence-corrected chi connectivity index (χ2v) is 6.92. The highest BCUT2D eigenvalue weighted by Gasteiger charge is 2.29. The van der Waals surface area contributed by atoms with Crippen LogP contribution in [0, 0.1) is 6.92 Å². The third-order valence-corrected chi connectivity index (χ3v) is 5.57. The van der Waals surface area contributed by atoms with Gasteiger partial charge in [0.15, 0.2) is 0 Å². The molecular formula is C13H19N3O4S. The fourth-order valence-electron chi connectivity index (χ4n) is 2.11. The maximum atomic E-state index is 12.7. The second kappa shape index (κ2) is 6.08. The van der Waals surface area contributed by atoms with Crippen LogP contribution in [0.2, 0.25) is 0 Å². The van der Waals surface area contributed by atoms with Crippen molar-refractivity contribution in [2.75, 3.05) is 26.3 Å². The molecule has 2 N–H and O–H groups in total. The van der Waals surface area contributed by atoms with Crippen molar-refractivity contribution in [3.8, 4) is 0 Å². The standard InChI is InChI=1S/C13H19N3O4S/c1-9-8-15-11(10(2)13(14)17)7-12(9)21(18,19)16-3-5-20-6-4-16/h7-8,10H,3-6H2,1-2H3,(H2,14,17). The number of carbonyl (C=O) groups is 1. The Morgan fingerprint density at radius 3 is 2.62 bits per heavy atom. The minimum atomic E-state index is -3.61. The van der Waals surface area contributed by atoms with Crippen LogP contribution >= 0.6 is 0 Å². The number of amides is 1. The van der Waals surface area contributed by atoms with Gasteiger partial charge in [-0.05, 0) is 25.5 Å². The molecule has 7 nitrogen and oxygen atoms in total. The number of sulfonamides is 1. The normalized spacial score (nSPS) is 18.4. The van der Waals surface area contributed by atoms with Crippen LogP contribution in [-0.2, 0) is 19.6 Å². The van der Waals surface area contributed by atoms with Gasteiger partial charge < -0.3 is 10.5 Å². The summed E-state index contributed by atoms with van der Waals surface area (Å²) in [4.78, 5) is 15.5. The smallest absolute Gasteiger partial charge is 0.243 e. The molecule has 0 spiro atoms. The Labute approximate surface area is 124 Å². The van der Waals surface area contributed by atoms with Crippen molar-refractivity contribution in [1.82, 2.24) is 9.29 Å². The molecule has 2 heterocycles. The van der Waals surface area contributed by atoms with Gasteiger partial charge in [-0.1, -0.05) is 0 Å². The molecule has 1 fully saturated rings. The van der Waals surface area contributed by atoms with Gasteiger partial charge in [0.25, 0.3) is 0 Å². The van der Waals surface area contributed by atoms with Crippen molar-refractivity contribution in [3.63, 3.8) is 0 Å². The van der Waals surface area contributed by atoms with Gasteiger partial charge in [-0.3, -0.25) is 9.78 Å². The van der Waals surface area contributed by atoms with Gasteiger partial charge in [-0.2, -0.15) is 4.31 Å². The van der Waals surface area contributed by atoms with E-state index in [-0.39, 0.29) is 4.90 Å². The van der Waals surface area contributed by atoms with E-state index in [9.17, 15) is 13.2 Å². The third kappa shape index (κ3) is 3.22. The van der Waals surface area contributed by atoms with Gasteiger partial charge in [-0.25, -0.2) is 8.42 Å². The quantitative estimate of drug-likeness (QED) is 0.843. The second-order valence-electron chi connectivity index (χ2n) is 5.02. The lowest BCUT2D eigenvalue weighted by molar-refractivity contribution is -0.119. The van der Waals surface area contributed by atoms with Gasteiger partial charge in [0, 0.05) is 19.3 Å². The van der Waals surface area contributed by atoms with Crippen LogP contribution in [0.5, 0.6) is 0 Å². The highest BCUT2D eigenvalue weighted by atomic mass is 32.2. The van der Waals surface area contributed by atoms with Crippen molar-refractivity contribution in [1.29, 1.82) is 0 Å². The van der Waals surface area contributed by atoms with E-state index in [1.807, 2.05) is 0 Å². The third-order valence-electron chi connectivity index (χ3n) is 3.53. The van der Waals surface area contributed by atoms with Crippen LogP contribution < -0.4 is 5.73 Å². The predicted octanol–water partition coefficient (Wildman–Crippen LogP) is -0.000280. The van der Waals surface area contributed by atoms with E-state index in [1.165, 1.54) is 16.6 Å². The Morgan fingerprint density at radius 2 is 2.05 bits per heavy atom. The summed E-state index contributed by atoms with van der Waals surface area (Å²) in [5.41, 5.74) is 6.16. The minimum absolute atomic E-state index is 0.169. The van der Waals surface area contributed by atoms with Crippen LogP contribution in [0.1, 0.15) is 24.1 Å². The molecule has 0 bridgehead atoms. The zero-order chi connectivity index (χ0) is 15.6. The molecule has 8 heteroatoms. The zero-order valence-corrected chi connectivity index (χ0v) is 12.9. The number of primary amides is 1. The number of rotatable bonds is 4. The number of aryl methyl sites for hydroxylation is 1. The molecule has 116 valence electrons. The molecule has 0 aliphatic carbocycles. The fourth-order valence-corrected chi connectivity index (χ4v) is 3.74. The van der Waals surface area contributed by atoms with E-state index < -0.39 is 21.8 Å². The van der Waals surface area contributed by atoms with E-state index in [2.05, 4.69) is 4.98 Å². The van der Waals surface area contributed by atoms with Gasteiger partial charge in [-0.15, -0.1) is 0 Å². The Morgan fingerprint density at radius 1 is 1.43 bits per heavy atom. The maximum Gasteiger partial charge on any atom is 0.243 e. The van der Waals surface area contributed by atoms with E-state index >= 15 is 0 Å². The van der Waals surface area contributed by atoms with E-state index in [1.54, 1.807) is 13.8 Å². The van der Waals surface area contributed by atoms with Gasteiger partial charge in [0.2, 0.25) is 15.9 Å². The Kier molecular flexibility index (Phi) is 4.60. The first kappa shape index (κ1) is 15.9. The summed E-state index contributed by atoms with van der Waals surface area (Å²) in [6.07, 6.45) is 1.46. The molecule has 1 aromatic heterocycles. The number of hydrogen-bond donors (Lipinski definition) is 1. The van der Waals surface area contributed by atoms with E-state index in [4.69, 9.17) is 10.5 Å². The topological polar surface area (TPSA) is 103 Å². The number of nitrogens with zero attached hydrogens (tertiary/aromatic N) is 2. The summed E-state index contributed by atoms with van der Waals surface area (Å²) in [6, 6.07) is 1.44. The molecular weight excluding hydrogens is 294 g/mol. The molecule has 1 saturated heterocycles. The molecule has 0 radical (unpaired) electrons. The Bertz CT molecular complexity index is 639. The van der Waals surface area contributed by atoms with Gasteiger partial charge in [0.05, 0.1) is 29.7 Å². The van der Waals surface area contributed by atoms with E-state index in [0.717, 1.165) is 0 Å². The monoisotopic (exact) mass is 313 g/mol. The van der Waals surface area contributed by atoms with Crippen LogP contribution in [-0.4, -0.2) is 49.9 Å². The lowest BCUT2D eigenvalue weighted by Crippen LogP contribution is -2.41. The number of carbonyl (C=O) groups excluding carboxylic acids is 1. The molecule has 1 aliphatic rings. The summed E-state index contributed by atoms with van der Waals surface area (Å²) >= 11 is 0. The first-order chi connectivity index (χ1) is 9.84. The number of morpholine rings is 1. The average molecular weight is 313 g/mol. The van der Waals surface area contributed by atoms with Crippen molar-refractivity contribution >= 4 is 15.9 Å². The van der Waals surface area contributed by atoms with Gasteiger partial charge in [0.1, 0.15) is 0 Å². The number of hydrogen-bond acceptors (Lipinski definition) is 5. The van der Waals surface area contributed by atoms with Crippen molar-refractivity contribution in [3.05, 3.63) is 23.5 Å². The molecule has 0 aromatic carbocycles. The first-order valence-electron chi connectivity index (χ1n) is 6.68. The van der Waals surface area contributed by atoms with Gasteiger partial charge >= 0.3 is 0 Å². The minimum Gasteiger partial charge on any atom is -0.379 e. The molecule has 1 amide bonds. The molecule has 21 heavy (non-hydrogen) atoms. The summed E-state index contributed by atoms with van der Waals surface area (Å²) in [5, 5.41) is 0. The van der Waals surface area contributed by atoms with Crippen LogP contribution in [0.15, 0.2) is 17.2 Å².